The Morgan fingerprint density at radius 3 is 2.06 bits per heavy atom. The van der Waals surface area contributed by atoms with Gasteiger partial charge in [0.05, 0.1) is 0 Å². The molecule has 1 nitrogen and oxygen atoms in total. The molecule has 0 saturated heterocycles. The molecule has 1 saturated carbocycles. The van der Waals surface area contributed by atoms with E-state index in [0.29, 0.717) is 12.2 Å². The van der Waals surface area contributed by atoms with Crippen LogP contribution in [0.2, 0.25) is 0 Å². The monoisotopic (exact) mass is 252 g/mol. The zero-order valence-corrected chi connectivity index (χ0v) is 11.9. The highest BCUT2D eigenvalue weighted by atomic mass is 32.1. The van der Waals surface area contributed by atoms with Gasteiger partial charge < -0.3 is 0 Å². The topological polar surface area (TPSA) is 17.1 Å². The largest absolute Gasteiger partial charge is 0.299 e. The van der Waals surface area contributed by atoms with E-state index in [1.54, 1.807) is 11.3 Å². The number of hydrogen-bond donors (Lipinski definition) is 0. The third kappa shape index (κ3) is 6.62. The smallest absolute Gasteiger partial charge is 0.140 e. The first-order chi connectivity index (χ1) is 8.20. The van der Waals surface area contributed by atoms with Gasteiger partial charge in [-0.2, -0.15) is 0 Å². The van der Waals surface area contributed by atoms with Gasteiger partial charge in [-0.05, 0) is 11.4 Å². The fourth-order valence-corrected chi connectivity index (χ4v) is 2.56. The Morgan fingerprint density at radius 2 is 1.71 bits per heavy atom. The zero-order valence-electron chi connectivity index (χ0n) is 11.1. The minimum atomic E-state index is 0.164. The lowest BCUT2D eigenvalue weighted by Gasteiger charge is -2.05. The van der Waals surface area contributed by atoms with Gasteiger partial charge in [-0.1, -0.05) is 58.4 Å². The van der Waals surface area contributed by atoms with Gasteiger partial charge in [-0.25, -0.2) is 0 Å². The Balaban J connectivity index is 0.000000202. The van der Waals surface area contributed by atoms with Gasteiger partial charge in [0.15, 0.2) is 0 Å². The summed E-state index contributed by atoms with van der Waals surface area (Å²) in [6.07, 6.45) is 9.61. The van der Waals surface area contributed by atoms with Crippen molar-refractivity contribution < 1.29 is 4.79 Å². The third-order valence-electron chi connectivity index (χ3n) is 3.07. The van der Waals surface area contributed by atoms with Crippen molar-refractivity contribution in [3.63, 3.8) is 0 Å². The van der Waals surface area contributed by atoms with E-state index >= 15 is 0 Å². The van der Waals surface area contributed by atoms with Crippen LogP contribution < -0.4 is 0 Å². The summed E-state index contributed by atoms with van der Waals surface area (Å²) >= 11 is 1.65. The van der Waals surface area contributed by atoms with Crippen molar-refractivity contribution in [3.05, 3.63) is 22.4 Å². The Bertz CT molecular complexity index is 285. The summed E-state index contributed by atoms with van der Waals surface area (Å²) in [5.74, 6) is 0.490. The first-order valence-corrected chi connectivity index (χ1v) is 7.63. The van der Waals surface area contributed by atoms with Gasteiger partial charge >= 0.3 is 0 Å². The quantitative estimate of drug-likeness (QED) is 0.751. The fourth-order valence-electron chi connectivity index (χ4n) is 1.85. The van der Waals surface area contributed by atoms with Crippen LogP contribution in [0.5, 0.6) is 0 Å². The summed E-state index contributed by atoms with van der Waals surface area (Å²) in [7, 11) is 0. The fraction of sp³-hybridized carbons (Fsp3) is 0.667. The average Bonchev–Trinajstić information content (AvgIpc) is 2.85. The van der Waals surface area contributed by atoms with Crippen LogP contribution in [-0.4, -0.2) is 5.78 Å². The predicted molar refractivity (Wildman–Crippen MR) is 75.6 cm³/mol. The van der Waals surface area contributed by atoms with E-state index in [0.717, 1.165) is 0 Å². The molecule has 2 rings (SSSR count). The summed E-state index contributed by atoms with van der Waals surface area (Å²) in [5.41, 5.74) is 0. The van der Waals surface area contributed by atoms with Crippen LogP contribution in [-0.2, 0) is 11.2 Å². The molecular weight excluding hydrogens is 228 g/mol. The SMILES string of the molecule is C1CCCCC1.CC(C)C(=O)Cc1cccs1. The molecule has 0 atom stereocenters. The first kappa shape index (κ1) is 14.4. The highest BCUT2D eigenvalue weighted by molar-refractivity contribution is 7.10. The minimum Gasteiger partial charge on any atom is -0.299 e. The first-order valence-electron chi connectivity index (χ1n) is 6.75. The highest BCUT2D eigenvalue weighted by Gasteiger charge is 2.07. The summed E-state index contributed by atoms with van der Waals surface area (Å²) in [6, 6.07) is 3.98. The van der Waals surface area contributed by atoms with E-state index in [1.165, 1.54) is 43.4 Å². The van der Waals surface area contributed by atoms with Crippen molar-refractivity contribution >= 4 is 17.1 Å². The number of rotatable bonds is 3. The third-order valence-corrected chi connectivity index (χ3v) is 3.95. The number of ketones is 1. The molecule has 0 N–H and O–H groups in total. The van der Waals surface area contributed by atoms with E-state index in [1.807, 2.05) is 31.4 Å². The predicted octanol–water partition coefficient (Wildman–Crippen LogP) is 4.86. The standard InChI is InChI=1S/C9H12OS.C6H12/c1-7(2)9(10)6-8-4-3-5-11-8;1-2-4-6-5-3-1/h3-5,7H,6H2,1-2H3;1-6H2. The van der Waals surface area contributed by atoms with Crippen molar-refractivity contribution in [2.45, 2.75) is 58.8 Å². The van der Waals surface area contributed by atoms with Gasteiger partial charge in [0.25, 0.3) is 0 Å². The molecule has 0 radical (unpaired) electrons. The van der Waals surface area contributed by atoms with Crippen molar-refractivity contribution in [1.29, 1.82) is 0 Å². The second-order valence-electron chi connectivity index (χ2n) is 5.00. The lowest BCUT2D eigenvalue weighted by Crippen LogP contribution is -2.08. The van der Waals surface area contributed by atoms with Crippen LogP contribution in [0.1, 0.15) is 57.2 Å². The minimum absolute atomic E-state index is 0.164. The zero-order chi connectivity index (χ0) is 12.5. The molecule has 1 aromatic heterocycles. The van der Waals surface area contributed by atoms with Crippen LogP contribution >= 0.6 is 11.3 Å². The molecule has 0 amide bonds. The molecule has 17 heavy (non-hydrogen) atoms. The molecule has 2 heteroatoms. The number of Topliss-reactive ketones (excluding diaryl/α,β-unsaturated/α-hetero) is 1. The van der Waals surface area contributed by atoms with E-state index in [2.05, 4.69) is 0 Å². The van der Waals surface area contributed by atoms with E-state index in [-0.39, 0.29) is 5.92 Å². The second kappa shape index (κ2) is 8.46. The molecule has 1 aliphatic rings. The summed E-state index contributed by atoms with van der Waals surface area (Å²) in [4.78, 5) is 12.4. The van der Waals surface area contributed by atoms with E-state index < -0.39 is 0 Å². The van der Waals surface area contributed by atoms with Crippen molar-refractivity contribution in [1.82, 2.24) is 0 Å². The second-order valence-corrected chi connectivity index (χ2v) is 6.03. The Morgan fingerprint density at radius 1 is 1.18 bits per heavy atom. The molecule has 1 heterocycles. The molecule has 0 aromatic carbocycles. The highest BCUT2D eigenvalue weighted by Crippen LogP contribution is 2.15. The Kier molecular flexibility index (Phi) is 7.18. The molecule has 96 valence electrons. The van der Waals surface area contributed by atoms with E-state index in [9.17, 15) is 4.79 Å². The number of carbonyl (C=O) groups excluding carboxylic acids is 1. The Hall–Kier alpha value is -0.630. The maximum atomic E-state index is 11.2. The molecule has 0 bridgehead atoms. The van der Waals surface area contributed by atoms with Crippen molar-refractivity contribution in [2.24, 2.45) is 5.92 Å². The maximum absolute atomic E-state index is 11.2. The van der Waals surface area contributed by atoms with Crippen LogP contribution in [0, 0.1) is 5.92 Å². The summed E-state index contributed by atoms with van der Waals surface area (Å²) in [6.45, 7) is 3.88. The van der Waals surface area contributed by atoms with Crippen molar-refractivity contribution in [2.75, 3.05) is 0 Å². The van der Waals surface area contributed by atoms with Gasteiger partial charge in [0.2, 0.25) is 0 Å². The van der Waals surface area contributed by atoms with Crippen molar-refractivity contribution in [3.8, 4) is 0 Å². The Labute approximate surface area is 109 Å². The molecular formula is C15H24OS. The van der Waals surface area contributed by atoms with Gasteiger partial charge in [0, 0.05) is 17.2 Å². The summed E-state index contributed by atoms with van der Waals surface area (Å²) in [5, 5.41) is 2.00. The molecule has 1 fully saturated rings. The normalized spacial score (nSPS) is 15.2. The van der Waals surface area contributed by atoms with Crippen LogP contribution in [0.15, 0.2) is 17.5 Å². The van der Waals surface area contributed by atoms with Gasteiger partial charge in [-0.15, -0.1) is 11.3 Å². The molecule has 0 unspecified atom stereocenters. The lowest BCUT2D eigenvalue weighted by atomic mass is 10.0. The summed E-state index contributed by atoms with van der Waals surface area (Å²) < 4.78 is 0. The number of thiophene rings is 1. The number of carbonyl (C=O) groups is 1. The van der Waals surface area contributed by atoms with Crippen LogP contribution in [0.4, 0.5) is 0 Å². The van der Waals surface area contributed by atoms with E-state index in [4.69, 9.17) is 0 Å². The average molecular weight is 252 g/mol. The van der Waals surface area contributed by atoms with Gasteiger partial charge in [-0.3, -0.25) is 4.79 Å². The molecule has 0 aliphatic heterocycles. The van der Waals surface area contributed by atoms with Gasteiger partial charge in [0.1, 0.15) is 5.78 Å². The lowest BCUT2D eigenvalue weighted by molar-refractivity contribution is -0.121. The van der Waals surface area contributed by atoms with Crippen LogP contribution in [0.25, 0.3) is 0 Å². The molecule has 0 spiro atoms. The van der Waals surface area contributed by atoms with Crippen LogP contribution in [0.3, 0.4) is 0 Å². The molecule has 1 aliphatic carbocycles. The molecule has 1 aromatic rings. The number of hydrogen-bond acceptors (Lipinski definition) is 2. The maximum Gasteiger partial charge on any atom is 0.140 e.